The highest BCUT2D eigenvalue weighted by atomic mass is 35.8. The van der Waals surface area contributed by atoms with Gasteiger partial charge in [0.2, 0.25) is 0 Å². The summed E-state index contributed by atoms with van der Waals surface area (Å²) in [5.74, 6) is 0. The van der Waals surface area contributed by atoms with Crippen molar-refractivity contribution in [1.82, 2.24) is 0 Å². The van der Waals surface area contributed by atoms with Crippen LogP contribution in [0.4, 0.5) is 0 Å². The van der Waals surface area contributed by atoms with E-state index in [1.807, 2.05) is 0 Å². The lowest BCUT2D eigenvalue weighted by Crippen LogP contribution is -1.66. The second kappa shape index (κ2) is 49.2. The molecule has 72 valence electrons. The Labute approximate surface area is 76.0 Å². The summed E-state index contributed by atoms with van der Waals surface area (Å²) in [5, 5.41) is 0. The van der Waals surface area contributed by atoms with Crippen LogP contribution in [0.2, 0.25) is 0 Å². The molecule has 0 saturated carbocycles. The topological polar surface area (TPSA) is 189 Å². The van der Waals surface area contributed by atoms with Gasteiger partial charge < -0.3 is 32.9 Å². The largest absolute Gasteiger partial charge is 1.00 e. The summed E-state index contributed by atoms with van der Waals surface area (Å²) in [4.78, 5) is 0. The van der Waals surface area contributed by atoms with Crippen molar-refractivity contribution in [2.75, 3.05) is 0 Å². The van der Waals surface area contributed by atoms with Crippen LogP contribution < -0.4 is 0 Å². The van der Waals surface area contributed by atoms with E-state index in [-0.39, 0.29) is 34.3 Å². The van der Waals surface area contributed by atoms with E-state index >= 15 is 0 Å². The summed E-state index contributed by atoms with van der Waals surface area (Å²) >= 11 is -1.72. The lowest BCUT2D eigenvalue weighted by Gasteiger charge is -1.57. The minimum Gasteiger partial charge on any atom is -0.412 e. The highest BCUT2D eigenvalue weighted by molar-refractivity contribution is 7.54. The van der Waals surface area contributed by atoms with Crippen LogP contribution in [0.5, 0.6) is 0 Å². The van der Waals surface area contributed by atoms with Gasteiger partial charge in [0.15, 0.2) is 0 Å². The fraction of sp³-hybridized carbons (Fsp3) is 0. The van der Waals surface area contributed by atoms with Crippen LogP contribution in [0.15, 0.2) is 0 Å². The van der Waals surface area contributed by atoms with Gasteiger partial charge in [0.1, 0.15) is 0 Å². The van der Waals surface area contributed by atoms with E-state index < -0.39 is 11.4 Å². The summed E-state index contributed by atoms with van der Waals surface area (Å²) in [5.41, 5.74) is 0. The van der Waals surface area contributed by atoms with Crippen molar-refractivity contribution >= 4 is 41.5 Å². The molecule has 0 aliphatic heterocycles. The first kappa shape index (κ1) is 66.5. The molecule has 0 fully saturated rings. The van der Waals surface area contributed by atoms with Gasteiger partial charge in [-0.2, -0.15) is 0 Å². The Morgan fingerprint density at radius 2 is 0.600 bits per heavy atom. The van der Waals surface area contributed by atoms with Crippen molar-refractivity contribution in [2.45, 2.75) is 0 Å². The van der Waals surface area contributed by atoms with Gasteiger partial charge in [-0.25, -0.2) is 30.1 Å². The smallest absolute Gasteiger partial charge is 0.412 e. The minimum absolute atomic E-state index is 0. The second-order valence-electron chi connectivity index (χ2n) is 0.247. The van der Waals surface area contributed by atoms with Gasteiger partial charge >= 0.3 is 12.8 Å². The van der Waals surface area contributed by atoms with Crippen molar-refractivity contribution in [3.05, 3.63) is 0 Å². The molecule has 10 heteroatoms. The third-order valence-electron chi connectivity index (χ3n) is 0. The van der Waals surface area contributed by atoms with Crippen LogP contribution in [0.1, 0.15) is 1.43 Å². The average Bonchev–Trinajstić information content (AvgIpc) is 0.811. The van der Waals surface area contributed by atoms with Gasteiger partial charge in [0.05, 0.1) is 0 Å². The molecule has 10 heavy (non-hydrogen) atoms. The highest BCUT2D eigenvalue weighted by Crippen LogP contribution is 1.97. The predicted molar refractivity (Wildman–Crippen MR) is 46.1 cm³/mol. The fourth-order valence-electron chi connectivity index (χ4n) is 0. The van der Waals surface area contributed by atoms with Crippen molar-refractivity contribution in [2.24, 2.45) is 0 Å². The molecular weight excluding hydrogens is 229 g/mol. The molecule has 0 atom stereocenters. The Kier molecular flexibility index (Phi) is 328. The fourth-order valence-corrected chi connectivity index (χ4v) is 0. The second-order valence-corrected chi connectivity index (χ2v) is 6.68. The molecule has 12 N–H and O–H groups in total. The Bertz CT molecular complexity index is 22.5. The molecule has 0 bridgehead atoms. The lowest BCUT2D eigenvalue weighted by atomic mass is 16.0. The first-order chi connectivity index (χ1) is 1.73. The van der Waals surface area contributed by atoms with Crippen molar-refractivity contribution in [1.29, 1.82) is 0 Å². The van der Waals surface area contributed by atoms with Crippen LogP contribution in [0.25, 0.3) is 0 Å². The number of rotatable bonds is 0. The molecular formula is H13AlCl3O6+. The molecule has 0 spiro atoms. The van der Waals surface area contributed by atoms with E-state index in [9.17, 15) is 0 Å². The molecule has 0 aromatic carbocycles. The predicted octanol–water partition coefficient (Wildman–Crippen LogP) is -3.15. The van der Waals surface area contributed by atoms with Gasteiger partial charge in [-0.1, -0.05) is 0 Å². The summed E-state index contributed by atoms with van der Waals surface area (Å²) < 4.78 is 0. The minimum atomic E-state index is -1.72. The van der Waals surface area contributed by atoms with E-state index in [0.29, 0.717) is 0 Å². The van der Waals surface area contributed by atoms with Gasteiger partial charge in [0.25, 0.3) is 0 Å². The maximum atomic E-state index is 4.94. The lowest BCUT2D eigenvalue weighted by molar-refractivity contribution is 0.823. The Hall–Kier alpha value is 1.16. The van der Waals surface area contributed by atoms with E-state index in [0.717, 1.165) is 0 Å². The number of halogens is 3. The first-order valence-corrected chi connectivity index (χ1v) is 5.89. The van der Waals surface area contributed by atoms with Crippen molar-refractivity contribution in [3.8, 4) is 0 Å². The summed E-state index contributed by atoms with van der Waals surface area (Å²) in [6, 6.07) is 0. The molecule has 0 aromatic rings. The molecule has 0 amide bonds. The average molecular weight is 242 g/mol. The number of hydrogen-bond acceptors (Lipinski definition) is 0. The maximum Gasteiger partial charge on any atom is 1.00 e. The maximum absolute atomic E-state index is 4.94. The molecule has 0 heterocycles. The van der Waals surface area contributed by atoms with Crippen LogP contribution in [0.3, 0.4) is 0 Å². The molecule has 6 nitrogen and oxygen atoms in total. The molecule has 0 aliphatic carbocycles. The van der Waals surface area contributed by atoms with Crippen molar-refractivity contribution in [3.63, 3.8) is 0 Å². The summed E-state index contributed by atoms with van der Waals surface area (Å²) in [6.07, 6.45) is 0. The first-order valence-electron chi connectivity index (χ1n) is 0.655. The zero-order valence-electron chi connectivity index (χ0n) is 5.71. The van der Waals surface area contributed by atoms with E-state index in [1.54, 1.807) is 0 Å². The standard InChI is InChI=1S/Al.3ClH.6H2O/h;3*1H;6*1H2/q+3;;;;;;;;;/p-2. The summed E-state index contributed by atoms with van der Waals surface area (Å²) in [7, 11) is 14.8. The van der Waals surface area contributed by atoms with Crippen LogP contribution in [-0.2, 0) is 0 Å². The van der Waals surface area contributed by atoms with Crippen LogP contribution in [0, 0.1) is 0 Å². The molecule has 0 aliphatic rings. The Morgan fingerprint density at radius 1 is 0.600 bits per heavy atom. The molecule has 0 unspecified atom stereocenters. The third-order valence-corrected chi connectivity index (χ3v) is 0. The van der Waals surface area contributed by atoms with Gasteiger partial charge in [-0.15, -0.1) is 0 Å². The molecule has 0 saturated heterocycles. The quantitative estimate of drug-likeness (QED) is 0.388. The SMILES string of the molecule is O.O.O.O.O.O.[Cl][Al]([Cl])[Cl].[H+]. The zero-order valence-corrected chi connectivity index (χ0v) is 8.13. The van der Waals surface area contributed by atoms with E-state index in [2.05, 4.69) is 0 Å². The third kappa shape index (κ3) is 452. The van der Waals surface area contributed by atoms with Crippen LogP contribution >= 0.6 is 30.1 Å². The van der Waals surface area contributed by atoms with E-state index in [4.69, 9.17) is 30.1 Å². The van der Waals surface area contributed by atoms with Gasteiger partial charge in [-0.05, 0) is 0 Å². The van der Waals surface area contributed by atoms with Gasteiger partial charge in [-0.3, -0.25) is 0 Å². The Balaban J connectivity index is -0.00000000214. The Morgan fingerprint density at radius 3 is 0.600 bits per heavy atom. The molecule has 0 aromatic heterocycles. The van der Waals surface area contributed by atoms with Crippen molar-refractivity contribution < 1.29 is 34.3 Å². The normalized spacial score (nSPS) is 2.70. The number of hydrogen-bond donors (Lipinski definition) is 0. The monoisotopic (exact) mass is 241 g/mol. The highest BCUT2D eigenvalue weighted by Gasteiger charge is 2.00. The molecule has 0 rings (SSSR count). The van der Waals surface area contributed by atoms with E-state index in [1.165, 1.54) is 0 Å². The molecule has 0 radical (unpaired) electrons. The van der Waals surface area contributed by atoms with Crippen LogP contribution in [-0.4, -0.2) is 44.2 Å². The van der Waals surface area contributed by atoms with Gasteiger partial charge in [0, 0.05) is 0 Å². The zero-order chi connectivity index (χ0) is 3.58. The summed E-state index contributed by atoms with van der Waals surface area (Å²) in [6.45, 7) is 0.